The Hall–Kier alpha value is -2.57. The summed E-state index contributed by atoms with van der Waals surface area (Å²) in [6, 6.07) is 4.64. The van der Waals surface area contributed by atoms with Gasteiger partial charge in [-0.3, -0.25) is 0 Å². The van der Waals surface area contributed by atoms with Crippen LogP contribution in [-0.2, 0) is 19.1 Å². The number of carbonyl (C=O) groups is 2. The van der Waals surface area contributed by atoms with E-state index in [4.69, 9.17) is 0 Å². The van der Waals surface area contributed by atoms with Crippen LogP contribution in [0, 0.1) is 5.82 Å². The third-order valence-electron chi connectivity index (χ3n) is 4.04. The largest absolute Gasteiger partial charge is 0.466 e. The fourth-order valence-electron chi connectivity index (χ4n) is 2.74. The van der Waals surface area contributed by atoms with Crippen LogP contribution in [-0.4, -0.2) is 39.2 Å². The quantitative estimate of drug-likeness (QED) is 0.651. The summed E-state index contributed by atoms with van der Waals surface area (Å²) in [5.74, 6) is -1.84. The highest BCUT2D eigenvalue weighted by molar-refractivity contribution is 5.98. The van der Waals surface area contributed by atoms with Gasteiger partial charge in [-0.05, 0) is 31.0 Å². The SMILES string of the molecule is COC(=O)/C=C(/Nc1ccc(N2CCCCCC2)c(F)c1)C(=O)OC. The fraction of sp³-hybridized carbons (Fsp3) is 0.444. The molecule has 1 aromatic carbocycles. The molecule has 1 aliphatic rings. The summed E-state index contributed by atoms with van der Waals surface area (Å²) in [6.07, 6.45) is 5.39. The summed E-state index contributed by atoms with van der Waals surface area (Å²) in [5, 5.41) is 2.71. The molecule has 2 rings (SSSR count). The summed E-state index contributed by atoms with van der Waals surface area (Å²) in [6.45, 7) is 1.67. The highest BCUT2D eigenvalue weighted by Gasteiger charge is 2.16. The van der Waals surface area contributed by atoms with Crippen molar-refractivity contribution in [2.24, 2.45) is 0 Å². The average Bonchev–Trinajstić information content (AvgIpc) is 2.89. The molecule has 0 aromatic heterocycles. The van der Waals surface area contributed by atoms with Gasteiger partial charge < -0.3 is 19.7 Å². The minimum atomic E-state index is -0.748. The summed E-state index contributed by atoms with van der Waals surface area (Å²) >= 11 is 0. The molecule has 0 bridgehead atoms. The van der Waals surface area contributed by atoms with E-state index in [1.807, 2.05) is 4.90 Å². The Bertz CT molecular complexity index is 652. The third-order valence-corrected chi connectivity index (χ3v) is 4.04. The number of hydrogen-bond donors (Lipinski definition) is 1. The number of methoxy groups -OCH3 is 2. The van der Waals surface area contributed by atoms with E-state index in [1.54, 1.807) is 12.1 Å². The zero-order valence-electron chi connectivity index (χ0n) is 14.5. The number of esters is 2. The number of benzene rings is 1. The number of nitrogens with one attached hydrogen (secondary N) is 1. The topological polar surface area (TPSA) is 67.9 Å². The Kier molecular flexibility index (Phi) is 6.80. The van der Waals surface area contributed by atoms with Gasteiger partial charge in [0.2, 0.25) is 0 Å². The first-order valence-electron chi connectivity index (χ1n) is 8.24. The van der Waals surface area contributed by atoms with Crippen LogP contribution in [0.15, 0.2) is 30.0 Å². The molecule has 25 heavy (non-hydrogen) atoms. The second kappa shape index (κ2) is 9.05. The second-order valence-corrected chi connectivity index (χ2v) is 5.77. The van der Waals surface area contributed by atoms with Crippen LogP contribution >= 0.6 is 0 Å². The van der Waals surface area contributed by atoms with Crippen molar-refractivity contribution in [3.63, 3.8) is 0 Å². The maximum atomic E-state index is 14.5. The number of nitrogens with zero attached hydrogens (tertiary/aromatic N) is 1. The first-order chi connectivity index (χ1) is 12.0. The fourth-order valence-corrected chi connectivity index (χ4v) is 2.74. The molecule has 6 nitrogen and oxygen atoms in total. The summed E-state index contributed by atoms with van der Waals surface area (Å²) in [5.41, 5.74) is 0.761. The molecule has 1 aromatic rings. The van der Waals surface area contributed by atoms with E-state index < -0.39 is 11.9 Å². The monoisotopic (exact) mass is 350 g/mol. The van der Waals surface area contributed by atoms with Crippen molar-refractivity contribution in [1.82, 2.24) is 0 Å². The zero-order chi connectivity index (χ0) is 18.2. The highest BCUT2D eigenvalue weighted by Crippen LogP contribution is 2.26. The van der Waals surface area contributed by atoms with Crippen LogP contribution in [0.1, 0.15) is 25.7 Å². The number of anilines is 2. The van der Waals surface area contributed by atoms with Crippen LogP contribution in [0.3, 0.4) is 0 Å². The molecule has 0 spiro atoms. The van der Waals surface area contributed by atoms with Crippen LogP contribution in [0.25, 0.3) is 0 Å². The smallest absolute Gasteiger partial charge is 0.354 e. The second-order valence-electron chi connectivity index (χ2n) is 5.77. The molecule has 0 amide bonds. The number of halogens is 1. The standard InChI is InChI=1S/C18H23FN2O4/c1-24-17(22)12-15(18(23)25-2)20-13-7-8-16(14(19)11-13)21-9-5-3-4-6-10-21/h7-8,11-12,20H,3-6,9-10H2,1-2H3/b15-12+. The van der Waals surface area contributed by atoms with Crippen LogP contribution in [0.2, 0.25) is 0 Å². The lowest BCUT2D eigenvalue weighted by Crippen LogP contribution is -2.25. The van der Waals surface area contributed by atoms with E-state index in [-0.39, 0.29) is 11.5 Å². The van der Waals surface area contributed by atoms with Crippen molar-refractivity contribution in [3.05, 3.63) is 35.8 Å². The molecule has 0 atom stereocenters. The molecule has 1 N–H and O–H groups in total. The van der Waals surface area contributed by atoms with Gasteiger partial charge in [-0.2, -0.15) is 0 Å². The number of rotatable bonds is 5. The Balaban J connectivity index is 2.19. The molecule has 1 fully saturated rings. The van der Waals surface area contributed by atoms with Gasteiger partial charge in [0.15, 0.2) is 0 Å². The maximum Gasteiger partial charge on any atom is 0.354 e. The first-order valence-corrected chi connectivity index (χ1v) is 8.24. The van der Waals surface area contributed by atoms with Crippen molar-refractivity contribution in [1.29, 1.82) is 0 Å². The number of hydrogen-bond acceptors (Lipinski definition) is 6. The molecule has 0 unspecified atom stereocenters. The Labute approximate surface area is 146 Å². The van der Waals surface area contributed by atoms with E-state index in [9.17, 15) is 14.0 Å². The van der Waals surface area contributed by atoms with Gasteiger partial charge in [0.1, 0.15) is 11.5 Å². The van der Waals surface area contributed by atoms with Crippen LogP contribution in [0.4, 0.5) is 15.8 Å². The molecule has 1 saturated heterocycles. The molecule has 0 radical (unpaired) electrons. The van der Waals surface area contributed by atoms with Crippen molar-refractivity contribution < 1.29 is 23.5 Å². The van der Waals surface area contributed by atoms with Gasteiger partial charge in [-0.15, -0.1) is 0 Å². The van der Waals surface area contributed by atoms with E-state index in [0.717, 1.165) is 32.0 Å². The lowest BCUT2D eigenvalue weighted by Gasteiger charge is -2.23. The van der Waals surface area contributed by atoms with E-state index in [0.29, 0.717) is 11.4 Å². The average molecular weight is 350 g/mol. The molecule has 7 heteroatoms. The van der Waals surface area contributed by atoms with Crippen LogP contribution < -0.4 is 10.2 Å². The van der Waals surface area contributed by atoms with Gasteiger partial charge in [0.05, 0.1) is 26.0 Å². The Morgan fingerprint density at radius 2 is 1.80 bits per heavy atom. The minimum absolute atomic E-state index is 0.128. The normalized spacial score (nSPS) is 15.3. The lowest BCUT2D eigenvalue weighted by atomic mass is 10.2. The predicted octanol–water partition coefficient (Wildman–Crippen LogP) is 2.85. The summed E-state index contributed by atoms with van der Waals surface area (Å²) in [7, 11) is 2.39. The van der Waals surface area contributed by atoms with Crippen LogP contribution in [0.5, 0.6) is 0 Å². The third kappa shape index (κ3) is 5.20. The van der Waals surface area contributed by atoms with Crippen molar-refractivity contribution in [2.45, 2.75) is 25.7 Å². The number of ether oxygens (including phenoxy) is 2. The van der Waals surface area contributed by atoms with Crippen molar-refractivity contribution in [2.75, 3.05) is 37.5 Å². The van der Waals surface area contributed by atoms with E-state index in [1.165, 1.54) is 33.1 Å². The van der Waals surface area contributed by atoms with E-state index in [2.05, 4.69) is 14.8 Å². The van der Waals surface area contributed by atoms with Gasteiger partial charge in [-0.25, -0.2) is 14.0 Å². The highest BCUT2D eigenvalue weighted by atomic mass is 19.1. The molecule has 0 saturated carbocycles. The Morgan fingerprint density at radius 1 is 1.12 bits per heavy atom. The first kappa shape index (κ1) is 18.8. The molecule has 136 valence electrons. The molecular weight excluding hydrogens is 327 g/mol. The van der Waals surface area contributed by atoms with E-state index >= 15 is 0 Å². The van der Waals surface area contributed by atoms with Crippen molar-refractivity contribution in [3.8, 4) is 0 Å². The molecule has 0 aliphatic carbocycles. The minimum Gasteiger partial charge on any atom is -0.466 e. The maximum absolute atomic E-state index is 14.5. The van der Waals surface area contributed by atoms with Gasteiger partial charge in [-0.1, -0.05) is 12.8 Å². The van der Waals surface area contributed by atoms with Crippen molar-refractivity contribution >= 4 is 23.3 Å². The van der Waals surface area contributed by atoms with Gasteiger partial charge in [0.25, 0.3) is 0 Å². The molecular formula is C18H23FN2O4. The summed E-state index contributed by atoms with van der Waals surface area (Å²) < 4.78 is 23.6. The Morgan fingerprint density at radius 3 is 2.36 bits per heavy atom. The molecule has 1 heterocycles. The lowest BCUT2D eigenvalue weighted by molar-refractivity contribution is -0.138. The zero-order valence-corrected chi connectivity index (χ0v) is 14.5. The van der Waals surface area contributed by atoms with Gasteiger partial charge >= 0.3 is 11.9 Å². The van der Waals surface area contributed by atoms with Gasteiger partial charge in [0, 0.05) is 18.8 Å². The summed E-state index contributed by atoms with van der Waals surface area (Å²) in [4.78, 5) is 25.1. The molecule has 1 aliphatic heterocycles. The predicted molar refractivity (Wildman–Crippen MR) is 92.8 cm³/mol. The number of carbonyl (C=O) groups excluding carboxylic acids is 2.